The summed E-state index contributed by atoms with van der Waals surface area (Å²) in [5, 5.41) is 9.14. The molecule has 5 heteroatoms. The van der Waals surface area contributed by atoms with E-state index in [1.807, 2.05) is 0 Å². The van der Waals surface area contributed by atoms with Crippen molar-refractivity contribution in [1.82, 2.24) is 4.90 Å². The van der Waals surface area contributed by atoms with Crippen LogP contribution in [0.2, 0.25) is 5.02 Å². The van der Waals surface area contributed by atoms with E-state index in [0.717, 1.165) is 18.9 Å². The van der Waals surface area contributed by atoms with Gasteiger partial charge in [0.25, 0.3) is 5.91 Å². The smallest absolute Gasteiger partial charge is 0.254 e. The Morgan fingerprint density at radius 2 is 2.35 bits per heavy atom. The summed E-state index contributed by atoms with van der Waals surface area (Å²) in [6.07, 6.45) is 1.66. The molecule has 1 aliphatic rings. The number of amides is 1. The van der Waals surface area contributed by atoms with Gasteiger partial charge in [0.15, 0.2) is 0 Å². The monoisotopic (exact) mass is 257 g/mol. The highest BCUT2D eigenvalue weighted by Crippen LogP contribution is 2.22. The fourth-order valence-corrected chi connectivity index (χ4v) is 2.21. The summed E-state index contributed by atoms with van der Waals surface area (Å²) < 4.78 is 13.3. The standard InChI is InChI=1S/C12H13ClFNO2/c13-10-4-3-8(6-11(10)14)12(17)15-5-1-2-9(15)7-16/h3-4,6,9,16H,1-2,5,7H2/t9-/m0/s1. The molecule has 0 spiro atoms. The van der Waals surface area contributed by atoms with E-state index in [1.165, 1.54) is 12.1 Å². The van der Waals surface area contributed by atoms with E-state index in [2.05, 4.69) is 0 Å². The molecule has 2 rings (SSSR count). The lowest BCUT2D eigenvalue weighted by Crippen LogP contribution is -2.37. The number of halogens is 2. The van der Waals surface area contributed by atoms with Gasteiger partial charge in [0.05, 0.1) is 17.7 Å². The molecular formula is C12H13ClFNO2. The second kappa shape index (κ2) is 5.02. The summed E-state index contributed by atoms with van der Waals surface area (Å²) in [6.45, 7) is 0.552. The van der Waals surface area contributed by atoms with E-state index in [1.54, 1.807) is 4.90 Å². The maximum Gasteiger partial charge on any atom is 0.254 e. The molecular weight excluding hydrogens is 245 g/mol. The van der Waals surface area contributed by atoms with Crippen molar-refractivity contribution in [2.24, 2.45) is 0 Å². The molecule has 1 aromatic rings. The molecule has 0 bridgehead atoms. The number of hydrogen-bond donors (Lipinski definition) is 1. The third-order valence-corrected chi connectivity index (χ3v) is 3.32. The lowest BCUT2D eigenvalue weighted by molar-refractivity contribution is 0.0677. The molecule has 1 saturated heterocycles. The van der Waals surface area contributed by atoms with E-state index in [4.69, 9.17) is 16.7 Å². The Labute approximate surface area is 104 Å². The molecule has 1 aromatic carbocycles. The van der Waals surface area contributed by atoms with Crippen molar-refractivity contribution < 1.29 is 14.3 Å². The van der Waals surface area contributed by atoms with Crippen LogP contribution in [0.4, 0.5) is 4.39 Å². The Hall–Kier alpha value is -1.13. The van der Waals surface area contributed by atoms with Crippen LogP contribution in [0.15, 0.2) is 18.2 Å². The normalized spacial score (nSPS) is 19.7. The summed E-state index contributed by atoms with van der Waals surface area (Å²) in [6, 6.07) is 3.85. The molecule has 1 fully saturated rings. The van der Waals surface area contributed by atoms with Crippen molar-refractivity contribution in [2.45, 2.75) is 18.9 Å². The number of likely N-dealkylation sites (tertiary alicyclic amines) is 1. The van der Waals surface area contributed by atoms with Gasteiger partial charge in [-0.2, -0.15) is 0 Å². The molecule has 17 heavy (non-hydrogen) atoms. The number of carbonyl (C=O) groups excluding carboxylic acids is 1. The van der Waals surface area contributed by atoms with Gasteiger partial charge in [0, 0.05) is 12.1 Å². The highest BCUT2D eigenvalue weighted by molar-refractivity contribution is 6.30. The molecule has 92 valence electrons. The first-order valence-electron chi connectivity index (χ1n) is 5.50. The number of nitrogens with zero attached hydrogens (tertiary/aromatic N) is 1. The van der Waals surface area contributed by atoms with E-state index in [9.17, 15) is 9.18 Å². The van der Waals surface area contributed by atoms with Crippen LogP contribution in [0.1, 0.15) is 23.2 Å². The largest absolute Gasteiger partial charge is 0.394 e. The van der Waals surface area contributed by atoms with Crippen LogP contribution in [-0.4, -0.2) is 35.1 Å². The van der Waals surface area contributed by atoms with E-state index >= 15 is 0 Å². The number of benzene rings is 1. The lowest BCUT2D eigenvalue weighted by atomic mass is 10.1. The predicted octanol–water partition coefficient (Wildman–Crippen LogP) is 2.08. The maximum atomic E-state index is 13.3. The highest BCUT2D eigenvalue weighted by Gasteiger charge is 2.28. The Bertz CT molecular complexity index is 439. The minimum absolute atomic E-state index is 0.00156. The fourth-order valence-electron chi connectivity index (χ4n) is 2.09. The van der Waals surface area contributed by atoms with Crippen LogP contribution in [0, 0.1) is 5.82 Å². The second-order valence-corrected chi connectivity index (χ2v) is 4.51. The SMILES string of the molecule is O=C(c1ccc(Cl)c(F)c1)N1CCC[C@H]1CO. The van der Waals surface area contributed by atoms with Crippen molar-refractivity contribution in [2.75, 3.05) is 13.2 Å². The molecule has 1 amide bonds. The number of hydrogen-bond acceptors (Lipinski definition) is 2. The highest BCUT2D eigenvalue weighted by atomic mass is 35.5. The quantitative estimate of drug-likeness (QED) is 0.881. The van der Waals surface area contributed by atoms with Crippen LogP contribution in [0.25, 0.3) is 0 Å². The molecule has 0 saturated carbocycles. The molecule has 1 N–H and O–H groups in total. The number of aliphatic hydroxyl groups excluding tert-OH is 1. The van der Waals surface area contributed by atoms with E-state index in [-0.39, 0.29) is 29.1 Å². The number of aliphatic hydroxyl groups is 1. The zero-order valence-corrected chi connectivity index (χ0v) is 9.95. The Morgan fingerprint density at radius 3 is 3.00 bits per heavy atom. The van der Waals surface area contributed by atoms with Crippen molar-refractivity contribution >= 4 is 17.5 Å². The van der Waals surface area contributed by atoms with Crippen molar-refractivity contribution in [3.63, 3.8) is 0 Å². The second-order valence-electron chi connectivity index (χ2n) is 4.11. The van der Waals surface area contributed by atoms with Crippen LogP contribution in [-0.2, 0) is 0 Å². The summed E-state index contributed by atoms with van der Waals surface area (Å²) in [5.74, 6) is -0.852. The Kier molecular flexibility index (Phi) is 3.64. The Balaban J connectivity index is 2.21. The number of carbonyl (C=O) groups is 1. The van der Waals surface area contributed by atoms with Crippen LogP contribution in [0.3, 0.4) is 0 Å². The average molecular weight is 258 g/mol. The van der Waals surface area contributed by atoms with Crippen LogP contribution in [0.5, 0.6) is 0 Å². The zero-order chi connectivity index (χ0) is 12.4. The summed E-state index contributed by atoms with van der Waals surface area (Å²) in [5.41, 5.74) is 0.271. The van der Waals surface area contributed by atoms with Crippen LogP contribution < -0.4 is 0 Å². The van der Waals surface area contributed by atoms with E-state index < -0.39 is 5.82 Å². The molecule has 1 atom stereocenters. The third-order valence-electron chi connectivity index (χ3n) is 3.02. The predicted molar refractivity (Wildman–Crippen MR) is 62.6 cm³/mol. The van der Waals surface area contributed by atoms with Gasteiger partial charge in [-0.3, -0.25) is 4.79 Å². The third kappa shape index (κ3) is 2.42. The molecule has 0 aromatic heterocycles. The Morgan fingerprint density at radius 1 is 1.59 bits per heavy atom. The van der Waals surface area contributed by atoms with Crippen molar-refractivity contribution in [1.29, 1.82) is 0 Å². The first-order valence-corrected chi connectivity index (χ1v) is 5.88. The van der Waals surface area contributed by atoms with Gasteiger partial charge in [-0.1, -0.05) is 11.6 Å². The minimum atomic E-state index is -0.600. The minimum Gasteiger partial charge on any atom is -0.394 e. The molecule has 0 radical (unpaired) electrons. The molecule has 0 aliphatic carbocycles. The van der Waals surface area contributed by atoms with Gasteiger partial charge < -0.3 is 10.0 Å². The lowest BCUT2D eigenvalue weighted by Gasteiger charge is -2.23. The van der Waals surface area contributed by atoms with Gasteiger partial charge in [-0.25, -0.2) is 4.39 Å². The molecule has 0 unspecified atom stereocenters. The molecule has 3 nitrogen and oxygen atoms in total. The van der Waals surface area contributed by atoms with Gasteiger partial charge in [0.2, 0.25) is 0 Å². The van der Waals surface area contributed by atoms with Crippen molar-refractivity contribution in [3.8, 4) is 0 Å². The topological polar surface area (TPSA) is 40.5 Å². The van der Waals surface area contributed by atoms with Gasteiger partial charge in [-0.05, 0) is 31.0 Å². The number of rotatable bonds is 2. The van der Waals surface area contributed by atoms with Gasteiger partial charge in [0.1, 0.15) is 5.82 Å². The van der Waals surface area contributed by atoms with Crippen molar-refractivity contribution in [3.05, 3.63) is 34.6 Å². The van der Waals surface area contributed by atoms with E-state index in [0.29, 0.717) is 6.54 Å². The first kappa shape index (κ1) is 12.3. The van der Waals surface area contributed by atoms with Gasteiger partial charge >= 0.3 is 0 Å². The summed E-state index contributed by atoms with van der Waals surface area (Å²) in [7, 11) is 0. The molecule has 1 heterocycles. The van der Waals surface area contributed by atoms with Crippen LogP contribution >= 0.6 is 11.6 Å². The maximum absolute atomic E-state index is 13.3. The molecule has 1 aliphatic heterocycles. The summed E-state index contributed by atoms with van der Waals surface area (Å²) >= 11 is 5.56. The first-order chi connectivity index (χ1) is 8.13. The zero-order valence-electron chi connectivity index (χ0n) is 9.20. The van der Waals surface area contributed by atoms with Gasteiger partial charge in [-0.15, -0.1) is 0 Å². The fraction of sp³-hybridized carbons (Fsp3) is 0.417. The summed E-state index contributed by atoms with van der Waals surface area (Å²) in [4.78, 5) is 13.7. The average Bonchev–Trinajstić information content (AvgIpc) is 2.80.